The monoisotopic (exact) mass is 644 g/mol. The topological polar surface area (TPSA) is 175 Å². The number of benzene rings is 3. The minimum Gasteiger partial charge on any atom is -0.468 e. The average Bonchev–Trinajstić information content (AvgIpc) is 3.03. The summed E-state index contributed by atoms with van der Waals surface area (Å²) in [6.07, 6.45) is 0. The fourth-order valence-corrected chi connectivity index (χ4v) is 3.55. The summed E-state index contributed by atoms with van der Waals surface area (Å²) in [5.41, 5.74) is 1.63. The van der Waals surface area contributed by atoms with Gasteiger partial charge < -0.3 is 44.7 Å². The van der Waals surface area contributed by atoms with Crippen LogP contribution in [0, 0.1) is 5.41 Å². The van der Waals surface area contributed by atoms with E-state index in [4.69, 9.17) is 28.8 Å². The van der Waals surface area contributed by atoms with Gasteiger partial charge in [-0.05, 0) is 100 Å². The summed E-state index contributed by atoms with van der Waals surface area (Å²) in [5.74, 6) is 1.29. The molecular formula is C33H36N6O8. The molecule has 4 rings (SSSR count). The van der Waals surface area contributed by atoms with E-state index in [1.165, 1.54) is 0 Å². The van der Waals surface area contributed by atoms with E-state index in [1.807, 2.05) is 0 Å². The molecule has 0 aliphatic rings. The second-order valence-electron chi connectivity index (χ2n) is 10.9. The van der Waals surface area contributed by atoms with Gasteiger partial charge in [-0.15, -0.1) is 0 Å². The summed E-state index contributed by atoms with van der Waals surface area (Å²) in [6.45, 7) is 9.50. The summed E-state index contributed by atoms with van der Waals surface area (Å²) in [7, 11) is 0. The van der Waals surface area contributed by atoms with Crippen LogP contribution < -0.4 is 30.2 Å². The van der Waals surface area contributed by atoms with Crippen LogP contribution in [-0.2, 0) is 19.1 Å². The molecule has 3 aromatic carbocycles. The van der Waals surface area contributed by atoms with E-state index in [0.29, 0.717) is 34.3 Å². The molecule has 4 aromatic rings. The maximum Gasteiger partial charge on any atom is 0.335 e. The van der Waals surface area contributed by atoms with Gasteiger partial charge in [0, 0.05) is 22.6 Å². The summed E-state index contributed by atoms with van der Waals surface area (Å²) >= 11 is 0. The molecule has 0 atom stereocenters. The predicted molar refractivity (Wildman–Crippen MR) is 174 cm³/mol. The van der Waals surface area contributed by atoms with Crippen LogP contribution in [0.25, 0.3) is 0 Å². The van der Waals surface area contributed by atoms with Crippen molar-refractivity contribution < 1.29 is 38.4 Å². The lowest BCUT2D eigenvalue weighted by Crippen LogP contribution is -2.24. The molecule has 0 amide bonds. The van der Waals surface area contributed by atoms with Gasteiger partial charge in [0.1, 0.15) is 17.2 Å². The summed E-state index contributed by atoms with van der Waals surface area (Å²) in [6, 6.07) is 20.7. The highest BCUT2D eigenvalue weighted by atomic mass is 16.7. The number of nitrogens with zero attached hydrogens (tertiary/aromatic N) is 3. The van der Waals surface area contributed by atoms with Crippen molar-refractivity contribution in [1.82, 2.24) is 15.0 Å². The van der Waals surface area contributed by atoms with E-state index < -0.39 is 18.2 Å². The van der Waals surface area contributed by atoms with Crippen molar-refractivity contribution in [3.8, 4) is 17.2 Å². The molecule has 246 valence electrons. The van der Waals surface area contributed by atoms with Crippen molar-refractivity contribution in [3.05, 3.63) is 84.9 Å². The van der Waals surface area contributed by atoms with Crippen molar-refractivity contribution in [3.63, 3.8) is 0 Å². The van der Waals surface area contributed by atoms with Gasteiger partial charge in [0.15, 0.2) is 6.79 Å². The first-order chi connectivity index (χ1) is 22.5. The number of aromatic nitrogens is 3. The highest BCUT2D eigenvalue weighted by Crippen LogP contribution is 2.25. The van der Waals surface area contributed by atoms with Gasteiger partial charge >= 0.3 is 11.9 Å². The lowest BCUT2D eigenvalue weighted by atomic mass is 9.98. The first-order valence-electron chi connectivity index (χ1n) is 14.3. The number of aliphatic hydroxyl groups excluding tert-OH is 1. The lowest BCUT2D eigenvalue weighted by Gasteiger charge is -2.16. The third kappa shape index (κ3) is 10.9. The fourth-order valence-electron chi connectivity index (χ4n) is 3.55. The minimum atomic E-state index is -0.624. The van der Waals surface area contributed by atoms with Crippen LogP contribution in [-0.4, -0.2) is 52.4 Å². The van der Waals surface area contributed by atoms with Gasteiger partial charge in [0.2, 0.25) is 31.4 Å². The third-order valence-electron chi connectivity index (χ3n) is 5.99. The lowest BCUT2D eigenvalue weighted by molar-refractivity contribution is -0.159. The van der Waals surface area contributed by atoms with Crippen molar-refractivity contribution in [1.29, 1.82) is 0 Å². The number of nitrogens with one attached hydrogen (secondary N) is 3. The van der Waals surface area contributed by atoms with E-state index in [0.717, 1.165) is 0 Å². The number of rotatable bonds is 15. The molecule has 0 unspecified atom stereocenters. The number of hydrogen-bond acceptors (Lipinski definition) is 14. The molecule has 0 bridgehead atoms. The van der Waals surface area contributed by atoms with Gasteiger partial charge in [-0.2, -0.15) is 15.0 Å². The number of aliphatic hydroxyl groups is 1. The maximum atomic E-state index is 12.0. The molecule has 1 heterocycles. The van der Waals surface area contributed by atoms with Crippen LogP contribution in [0.2, 0.25) is 0 Å². The highest BCUT2D eigenvalue weighted by Gasteiger charge is 2.23. The Morgan fingerprint density at radius 1 is 0.660 bits per heavy atom. The second-order valence-corrected chi connectivity index (χ2v) is 10.9. The molecule has 14 heteroatoms. The molecule has 0 spiro atoms. The normalized spacial score (nSPS) is 10.7. The van der Waals surface area contributed by atoms with Crippen molar-refractivity contribution in [2.24, 2.45) is 5.41 Å². The van der Waals surface area contributed by atoms with E-state index in [1.54, 1.807) is 100 Å². The van der Waals surface area contributed by atoms with Crippen LogP contribution in [0.3, 0.4) is 0 Å². The number of carbonyl (C=O) groups is 2. The van der Waals surface area contributed by atoms with Crippen molar-refractivity contribution in [2.45, 2.75) is 27.7 Å². The van der Waals surface area contributed by atoms with E-state index in [9.17, 15) is 9.59 Å². The summed E-state index contributed by atoms with van der Waals surface area (Å²) in [4.78, 5) is 37.0. The zero-order valence-electron chi connectivity index (χ0n) is 26.4. The number of esters is 2. The Kier molecular flexibility index (Phi) is 11.5. The SMILES string of the molecule is C=C(C)C(=O)OCOc1ccc(Nc2nc(Nc3ccc(OCO)cc3)nc(Nc3ccc(OCOC(=O)C(C)(C)C)cc3)n2)cc1. The third-order valence-corrected chi connectivity index (χ3v) is 5.99. The highest BCUT2D eigenvalue weighted by molar-refractivity contribution is 5.86. The average molecular weight is 645 g/mol. The Morgan fingerprint density at radius 3 is 1.36 bits per heavy atom. The molecule has 0 fully saturated rings. The van der Waals surface area contributed by atoms with Gasteiger partial charge in [-0.25, -0.2) is 4.79 Å². The van der Waals surface area contributed by atoms with E-state index in [-0.39, 0.29) is 43.0 Å². The first-order valence-corrected chi connectivity index (χ1v) is 14.3. The first kappa shape index (κ1) is 34.0. The number of hydrogen-bond donors (Lipinski definition) is 4. The maximum absolute atomic E-state index is 12.0. The van der Waals surface area contributed by atoms with Crippen molar-refractivity contribution in [2.75, 3.05) is 36.3 Å². The number of carbonyl (C=O) groups excluding carboxylic acids is 2. The Hall–Kier alpha value is -5.89. The second kappa shape index (κ2) is 15.9. The number of ether oxygens (including phenoxy) is 5. The zero-order valence-corrected chi connectivity index (χ0v) is 26.4. The van der Waals surface area contributed by atoms with Gasteiger partial charge in [-0.1, -0.05) is 6.58 Å². The molecule has 0 aliphatic carbocycles. The molecule has 4 N–H and O–H groups in total. The quantitative estimate of drug-likeness (QED) is 0.0692. The zero-order chi connectivity index (χ0) is 33.8. The summed E-state index contributed by atoms with van der Waals surface area (Å²) < 4.78 is 26.2. The Balaban J connectivity index is 1.46. The molecule has 0 aliphatic heterocycles. The van der Waals surface area contributed by atoms with Crippen molar-refractivity contribution >= 4 is 46.8 Å². The Labute approximate surface area is 271 Å². The van der Waals surface area contributed by atoms with Crippen LogP contribution in [0.4, 0.5) is 34.9 Å². The molecule has 14 nitrogen and oxygen atoms in total. The predicted octanol–water partition coefficient (Wildman–Crippen LogP) is 5.81. The van der Waals surface area contributed by atoms with Crippen LogP contribution in [0.1, 0.15) is 27.7 Å². The van der Waals surface area contributed by atoms with Gasteiger partial charge in [-0.3, -0.25) is 4.79 Å². The van der Waals surface area contributed by atoms with Gasteiger partial charge in [0.25, 0.3) is 0 Å². The standard InChI is InChI=1S/C33H36N6O8/c1-21(2)28(41)46-19-44-26-14-8-23(9-15-26)35-31-37-30(34-22-6-12-25(13-7-22)43-18-40)38-32(39-31)36-24-10-16-27(17-11-24)45-20-47-29(42)33(3,4)5/h6-17,40H,1,18-20H2,2-5H3,(H3,34,35,36,37,38,39). The molecule has 0 radical (unpaired) electrons. The van der Waals surface area contributed by atoms with Crippen LogP contribution in [0.5, 0.6) is 17.2 Å². The smallest absolute Gasteiger partial charge is 0.335 e. The largest absolute Gasteiger partial charge is 0.468 e. The molecule has 0 saturated heterocycles. The fraction of sp³-hybridized carbons (Fsp3) is 0.242. The van der Waals surface area contributed by atoms with Crippen LogP contribution >= 0.6 is 0 Å². The minimum absolute atomic E-state index is 0.205. The molecule has 1 aromatic heterocycles. The number of anilines is 6. The van der Waals surface area contributed by atoms with E-state index in [2.05, 4.69) is 37.5 Å². The molecule has 47 heavy (non-hydrogen) atoms. The van der Waals surface area contributed by atoms with Crippen LogP contribution in [0.15, 0.2) is 84.9 Å². The molecule has 0 saturated carbocycles. The molecular weight excluding hydrogens is 608 g/mol. The Bertz CT molecular complexity index is 1660. The van der Waals surface area contributed by atoms with Gasteiger partial charge in [0.05, 0.1) is 5.41 Å². The summed E-state index contributed by atoms with van der Waals surface area (Å²) in [5, 5.41) is 18.4. The Morgan fingerprint density at radius 2 is 1.02 bits per heavy atom. The van der Waals surface area contributed by atoms with E-state index >= 15 is 0 Å².